The number of thiophene rings is 1. The largest absolute Gasteiger partial charge is 0.490 e. The maximum Gasteiger partial charge on any atom is 0.279 e. The van der Waals surface area contributed by atoms with E-state index >= 15 is 0 Å². The average molecular weight is 442 g/mol. The first-order valence-corrected chi connectivity index (χ1v) is 10.3. The lowest BCUT2D eigenvalue weighted by Gasteiger charge is -2.11. The van der Waals surface area contributed by atoms with Crippen LogP contribution >= 0.6 is 23.6 Å². The van der Waals surface area contributed by atoms with Crippen molar-refractivity contribution in [1.29, 1.82) is 0 Å². The molecule has 9 heteroatoms. The molecule has 7 nitrogen and oxygen atoms in total. The molecule has 0 unspecified atom stereocenters. The highest BCUT2D eigenvalue weighted by molar-refractivity contribution is 7.80. The highest BCUT2D eigenvalue weighted by Crippen LogP contribution is 2.14. The number of carbonyl (C=O) groups excluding carboxylic acids is 2. The molecule has 0 aliphatic carbocycles. The molecule has 2 amide bonds. The third-order valence-corrected chi connectivity index (χ3v) is 4.79. The van der Waals surface area contributed by atoms with Crippen LogP contribution in [0, 0.1) is 0 Å². The number of para-hydroxylation sites is 1. The summed E-state index contributed by atoms with van der Waals surface area (Å²) in [5.74, 6) is 0.532. The van der Waals surface area contributed by atoms with Gasteiger partial charge in [0.05, 0.1) is 4.88 Å². The fourth-order valence-corrected chi connectivity index (χ4v) is 3.11. The molecule has 1 heterocycles. The Kier molecular flexibility index (Phi) is 7.76. The lowest BCUT2D eigenvalue weighted by Crippen LogP contribution is -2.48. The van der Waals surface area contributed by atoms with Gasteiger partial charge in [-0.1, -0.05) is 30.3 Å². The van der Waals surface area contributed by atoms with Crippen LogP contribution in [-0.4, -0.2) is 30.1 Å². The van der Waals surface area contributed by atoms with E-state index in [0.29, 0.717) is 29.4 Å². The van der Waals surface area contributed by atoms with E-state index in [2.05, 4.69) is 16.2 Å². The van der Waals surface area contributed by atoms with Gasteiger partial charge in [-0.05, 0) is 54.0 Å². The van der Waals surface area contributed by atoms with Gasteiger partial charge in [-0.3, -0.25) is 25.8 Å². The fourth-order valence-electron chi connectivity index (χ4n) is 2.35. The molecule has 0 bridgehead atoms. The summed E-state index contributed by atoms with van der Waals surface area (Å²) in [6.07, 6.45) is 0. The molecule has 0 saturated carbocycles. The van der Waals surface area contributed by atoms with Crippen molar-refractivity contribution in [3.05, 3.63) is 82.6 Å². The van der Waals surface area contributed by atoms with E-state index < -0.39 is 5.91 Å². The molecule has 2 aromatic carbocycles. The first-order valence-electron chi connectivity index (χ1n) is 8.98. The maximum atomic E-state index is 12.4. The zero-order valence-corrected chi connectivity index (χ0v) is 17.4. The third kappa shape index (κ3) is 6.57. The van der Waals surface area contributed by atoms with E-state index in [0.717, 1.165) is 5.75 Å². The van der Waals surface area contributed by atoms with Crippen LogP contribution in [0.1, 0.15) is 20.0 Å². The van der Waals surface area contributed by atoms with Gasteiger partial charge in [0.15, 0.2) is 5.11 Å². The van der Waals surface area contributed by atoms with Gasteiger partial charge in [-0.15, -0.1) is 11.3 Å². The van der Waals surface area contributed by atoms with Gasteiger partial charge in [-0.2, -0.15) is 0 Å². The third-order valence-electron chi connectivity index (χ3n) is 3.72. The Balaban J connectivity index is 1.43. The van der Waals surface area contributed by atoms with Gasteiger partial charge in [0.1, 0.15) is 24.7 Å². The molecule has 1 aromatic heterocycles. The molecule has 3 rings (SSSR count). The molecular formula is C21H19N3O4S2. The van der Waals surface area contributed by atoms with Crippen molar-refractivity contribution in [2.45, 2.75) is 0 Å². The lowest BCUT2D eigenvalue weighted by molar-refractivity contribution is 0.0938. The van der Waals surface area contributed by atoms with Crippen LogP contribution in [0.3, 0.4) is 0 Å². The van der Waals surface area contributed by atoms with E-state index in [4.69, 9.17) is 21.7 Å². The Morgan fingerprint density at radius 1 is 0.833 bits per heavy atom. The van der Waals surface area contributed by atoms with Crippen LogP contribution in [0.2, 0.25) is 0 Å². The van der Waals surface area contributed by atoms with Crippen molar-refractivity contribution < 1.29 is 19.1 Å². The van der Waals surface area contributed by atoms with Crippen LogP contribution in [0.5, 0.6) is 11.5 Å². The summed E-state index contributed by atoms with van der Waals surface area (Å²) in [6, 6.07) is 19.6. The van der Waals surface area contributed by atoms with Crippen LogP contribution in [0.15, 0.2) is 72.1 Å². The predicted octanol–water partition coefficient (Wildman–Crippen LogP) is 3.16. The van der Waals surface area contributed by atoms with Crippen LogP contribution < -0.4 is 25.6 Å². The minimum absolute atomic E-state index is 0.0208. The second-order valence-corrected chi connectivity index (χ2v) is 7.23. The Morgan fingerprint density at radius 2 is 1.57 bits per heavy atom. The molecule has 0 fully saturated rings. The number of amides is 2. The molecule has 0 radical (unpaired) electrons. The normalized spacial score (nSPS) is 10.0. The van der Waals surface area contributed by atoms with Gasteiger partial charge in [0.2, 0.25) is 0 Å². The SMILES string of the molecule is O=C(NC(=S)NNC(=O)c1cccs1)c1cccc(OCCOc2ccccc2)c1. The van der Waals surface area contributed by atoms with Crippen molar-refractivity contribution in [3.63, 3.8) is 0 Å². The number of thiocarbonyl (C=S) groups is 1. The average Bonchev–Trinajstić information content (AvgIpc) is 3.31. The van der Waals surface area contributed by atoms with Crippen LogP contribution in [-0.2, 0) is 0 Å². The standard InChI is InChI=1S/C21H19N3O4S2/c25-19(22-21(29)24-23-20(26)18-10-5-13-30-18)15-6-4-9-17(14-15)28-12-11-27-16-7-2-1-3-8-16/h1-10,13-14H,11-12H2,(H,23,26)(H2,22,24,25,29). The van der Waals surface area contributed by atoms with Crippen molar-refractivity contribution in [1.82, 2.24) is 16.2 Å². The molecule has 3 N–H and O–H groups in total. The van der Waals surface area contributed by atoms with Crippen molar-refractivity contribution in [2.24, 2.45) is 0 Å². The number of hydrogen-bond acceptors (Lipinski definition) is 6. The van der Waals surface area contributed by atoms with Crippen molar-refractivity contribution in [2.75, 3.05) is 13.2 Å². The summed E-state index contributed by atoms with van der Waals surface area (Å²) in [6.45, 7) is 0.701. The zero-order valence-electron chi connectivity index (χ0n) is 15.8. The lowest BCUT2D eigenvalue weighted by atomic mass is 10.2. The maximum absolute atomic E-state index is 12.4. The number of hydrogen-bond donors (Lipinski definition) is 3. The summed E-state index contributed by atoms with van der Waals surface area (Å²) >= 11 is 6.34. The molecule has 154 valence electrons. The van der Waals surface area contributed by atoms with Crippen LogP contribution in [0.4, 0.5) is 0 Å². The number of hydrazine groups is 1. The molecular weight excluding hydrogens is 422 g/mol. The molecule has 0 atom stereocenters. The monoisotopic (exact) mass is 441 g/mol. The molecule has 0 saturated heterocycles. The van der Waals surface area contributed by atoms with Gasteiger partial charge >= 0.3 is 0 Å². The summed E-state index contributed by atoms with van der Waals surface area (Å²) < 4.78 is 11.2. The van der Waals surface area contributed by atoms with Crippen LogP contribution in [0.25, 0.3) is 0 Å². The Labute approximate surface area is 183 Å². The van der Waals surface area contributed by atoms with Crippen molar-refractivity contribution >= 4 is 40.5 Å². The molecule has 0 aliphatic rings. The number of nitrogens with one attached hydrogen (secondary N) is 3. The summed E-state index contributed by atoms with van der Waals surface area (Å²) in [5, 5.41) is 4.27. The number of ether oxygens (including phenoxy) is 2. The Hall–Kier alpha value is -3.43. The topological polar surface area (TPSA) is 88.7 Å². The van der Waals surface area contributed by atoms with Gasteiger partial charge in [-0.25, -0.2) is 0 Å². The highest BCUT2D eigenvalue weighted by atomic mass is 32.1. The minimum Gasteiger partial charge on any atom is -0.490 e. The van der Waals surface area contributed by atoms with E-state index in [1.165, 1.54) is 11.3 Å². The number of carbonyl (C=O) groups is 2. The summed E-state index contributed by atoms with van der Waals surface area (Å²) in [4.78, 5) is 24.8. The zero-order chi connectivity index (χ0) is 21.2. The first kappa shape index (κ1) is 21.3. The van der Waals surface area contributed by atoms with E-state index in [1.54, 1.807) is 41.8 Å². The molecule has 3 aromatic rings. The van der Waals surface area contributed by atoms with E-state index in [9.17, 15) is 9.59 Å². The number of benzene rings is 2. The van der Waals surface area contributed by atoms with Gasteiger partial charge in [0.25, 0.3) is 11.8 Å². The van der Waals surface area contributed by atoms with E-state index in [1.807, 2.05) is 30.3 Å². The summed E-state index contributed by atoms with van der Waals surface area (Å²) in [5.41, 5.74) is 5.30. The second kappa shape index (κ2) is 10.9. The second-order valence-electron chi connectivity index (χ2n) is 5.88. The first-order chi connectivity index (χ1) is 14.6. The fraction of sp³-hybridized carbons (Fsp3) is 0.0952. The molecule has 30 heavy (non-hydrogen) atoms. The summed E-state index contributed by atoms with van der Waals surface area (Å²) in [7, 11) is 0. The Morgan fingerprint density at radius 3 is 2.30 bits per heavy atom. The van der Waals surface area contributed by atoms with Crippen molar-refractivity contribution in [3.8, 4) is 11.5 Å². The highest BCUT2D eigenvalue weighted by Gasteiger charge is 2.11. The smallest absolute Gasteiger partial charge is 0.279 e. The van der Waals surface area contributed by atoms with E-state index in [-0.39, 0.29) is 11.0 Å². The van der Waals surface area contributed by atoms with Gasteiger partial charge < -0.3 is 9.47 Å². The minimum atomic E-state index is -0.427. The van der Waals surface area contributed by atoms with Gasteiger partial charge in [0, 0.05) is 5.56 Å². The molecule has 0 spiro atoms. The number of rotatable bonds is 7. The Bertz CT molecular complexity index is 995. The predicted molar refractivity (Wildman–Crippen MR) is 119 cm³/mol. The quantitative estimate of drug-likeness (QED) is 0.297. The molecule has 0 aliphatic heterocycles.